The second-order valence-electron chi connectivity index (χ2n) is 3.51. The molecule has 0 amide bonds. The van der Waals surface area contributed by atoms with Crippen LogP contribution in [0, 0.1) is 5.82 Å². The van der Waals surface area contributed by atoms with Crippen molar-refractivity contribution in [2.45, 2.75) is 26.8 Å². The largest absolute Gasteiger partial charge is 0.395 e. The highest BCUT2D eigenvalue weighted by molar-refractivity contribution is 5.40. The molecular weight excluding hydrogens is 221 g/mol. The van der Waals surface area contributed by atoms with E-state index in [0.717, 1.165) is 6.20 Å². The molecular formula is C12H22FN3O. The molecule has 0 spiro atoms. The van der Waals surface area contributed by atoms with E-state index in [-0.39, 0.29) is 12.6 Å². The van der Waals surface area contributed by atoms with E-state index in [1.807, 2.05) is 32.7 Å². The van der Waals surface area contributed by atoms with Gasteiger partial charge in [-0.15, -0.1) is 0 Å². The van der Waals surface area contributed by atoms with Crippen molar-refractivity contribution in [3.8, 4) is 0 Å². The number of aliphatic hydroxyl groups excluding tert-OH is 1. The van der Waals surface area contributed by atoms with Gasteiger partial charge in [0.1, 0.15) is 11.6 Å². The number of pyridine rings is 1. The zero-order valence-electron chi connectivity index (χ0n) is 10.9. The number of anilines is 1. The van der Waals surface area contributed by atoms with Crippen LogP contribution in [-0.2, 0) is 0 Å². The minimum absolute atomic E-state index is 0.0590. The predicted octanol–water partition coefficient (Wildman–Crippen LogP) is 1.81. The lowest BCUT2D eigenvalue weighted by molar-refractivity contribution is 0.188. The molecule has 1 unspecified atom stereocenters. The molecule has 98 valence electrons. The second kappa shape index (κ2) is 7.97. The van der Waals surface area contributed by atoms with Gasteiger partial charge in [0.2, 0.25) is 0 Å². The molecule has 1 atom stereocenters. The van der Waals surface area contributed by atoms with Crippen molar-refractivity contribution in [3.63, 3.8) is 0 Å². The van der Waals surface area contributed by atoms with Crippen LogP contribution in [-0.4, -0.2) is 35.2 Å². The highest BCUT2D eigenvalue weighted by Crippen LogP contribution is 2.23. The molecule has 1 aromatic rings. The third kappa shape index (κ3) is 4.66. The van der Waals surface area contributed by atoms with Crippen LogP contribution in [0.5, 0.6) is 0 Å². The van der Waals surface area contributed by atoms with Crippen LogP contribution in [0.4, 0.5) is 10.2 Å². The lowest BCUT2D eigenvalue weighted by atomic mass is 10.1. The molecule has 5 heteroatoms. The zero-order valence-corrected chi connectivity index (χ0v) is 10.9. The molecule has 1 rings (SSSR count). The van der Waals surface area contributed by atoms with Crippen LogP contribution in [0.1, 0.15) is 32.4 Å². The van der Waals surface area contributed by atoms with E-state index in [0.29, 0.717) is 17.9 Å². The first-order valence-corrected chi connectivity index (χ1v) is 5.78. The van der Waals surface area contributed by atoms with Crippen molar-refractivity contribution in [1.82, 2.24) is 9.88 Å². The maximum Gasteiger partial charge on any atom is 0.141 e. The van der Waals surface area contributed by atoms with Gasteiger partial charge >= 0.3 is 0 Å². The molecule has 0 saturated carbocycles. The molecule has 1 heterocycles. The average molecular weight is 243 g/mol. The van der Waals surface area contributed by atoms with E-state index >= 15 is 0 Å². The summed E-state index contributed by atoms with van der Waals surface area (Å²) in [5, 5.41) is 8.79. The number of aliphatic hydroxyl groups is 1. The van der Waals surface area contributed by atoms with Gasteiger partial charge in [0.15, 0.2) is 0 Å². The van der Waals surface area contributed by atoms with Crippen molar-refractivity contribution in [1.29, 1.82) is 0 Å². The summed E-state index contributed by atoms with van der Waals surface area (Å²) in [6, 6.07) is 1.31. The van der Waals surface area contributed by atoms with Gasteiger partial charge in [-0.2, -0.15) is 0 Å². The Morgan fingerprint density at radius 3 is 2.65 bits per heavy atom. The summed E-state index contributed by atoms with van der Waals surface area (Å²) in [6.45, 7) is 6.46. The lowest BCUT2D eigenvalue weighted by Gasteiger charge is -2.24. The molecule has 17 heavy (non-hydrogen) atoms. The number of rotatable bonds is 4. The van der Waals surface area contributed by atoms with Crippen LogP contribution in [0.2, 0.25) is 0 Å². The highest BCUT2D eigenvalue weighted by atomic mass is 19.1. The molecule has 0 aliphatic heterocycles. The molecule has 0 bridgehead atoms. The molecule has 0 aromatic carbocycles. The molecule has 4 nitrogen and oxygen atoms in total. The number of aromatic nitrogens is 1. The van der Waals surface area contributed by atoms with Gasteiger partial charge in [0.05, 0.1) is 12.8 Å². The number of halogens is 1. The van der Waals surface area contributed by atoms with Gasteiger partial charge in [-0.05, 0) is 20.0 Å². The summed E-state index contributed by atoms with van der Waals surface area (Å²) in [5.74, 6) is -0.0721. The summed E-state index contributed by atoms with van der Waals surface area (Å²) < 4.78 is 13.0. The minimum atomic E-state index is -0.400. The molecule has 3 N–H and O–H groups in total. The molecule has 0 fully saturated rings. The van der Waals surface area contributed by atoms with Crippen molar-refractivity contribution >= 4 is 5.82 Å². The second-order valence-corrected chi connectivity index (χ2v) is 3.51. The van der Waals surface area contributed by atoms with E-state index < -0.39 is 5.82 Å². The summed E-state index contributed by atoms with van der Waals surface area (Å²) >= 11 is 0. The topological polar surface area (TPSA) is 62.4 Å². The Bertz CT molecular complexity index is 334. The summed E-state index contributed by atoms with van der Waals surface area (Å²) in [5.41, 5.74) is 6.30. The highest BCUT2D eigenvalue weighted by Gasteiger charge is 2.15. The number of nitrogen functional groups attached to an aromatic ring is 1. The number of hydrogen-bond donors (Lipinski definition) is 2. The van der Waals surface area contributed by atoms with Gasteiger partial charge in [0.25, 0.3) is 0 Å². The Hall–Kier alpha value is -1.20. The van der Waals surface area contributed by atoms with Crippen LogP contribution < -0.4 is 5.73 Å². The Morgan fingerprint density at radius 1 is 1.53 bits per heavy atom. The molecule has 0 aliphatic carbocycles. The first kappa shape index (κ1) is 15.8. The van der Waals surface area contributed by atoms with Crippen LogP contribution in [0.25, 0.3) is 0 Å². The van der Waals surface area contributed by atoms with Gasteiger partial charge in [-0.1, -0.05) is 13.8 Å². The number of hydrogen-bond acceptors (Lipinski definition) is 4. The lowest BCUT2D eigenvalue weighted by Crippen LogP contribution is -2.26. The third-order valence-corrected chi connectivity index (χ3v) is 2.48. The standard InChI is InChI=1S/C10H16FN3O.C2H6/c1-7(14(2)3-4-15)9-5-8(11)6-13-10(9)12;1-2/h5-7,15H,3-4H2,1-2H3,(H2,12,13);1-2H3. The quantitative estimate of drug-likeness (QED) is 0.846. The fourth-order valence-corrected chi connectivity index (χ4v) is 1.39. The minimum Gasteiger partial charge on any atom is -0.395 e. The fraction of sp³-hybridized carbons (Fsp3) is 0.583. The molecule has 1 aromatic heterocycles. The van der Waals surface area contributed by atoms with E-state index in [9.17, 15) is 4.39 Å². The Balaban J connectivity index is 0.00000121. The molecule has 0 radical (unpaired) electrons. The van der Waals surface area contributed by atoms with E-state index in [1.54, 1.807) is 0 Å². The molecule has 0 saturated heterocycles. The SMILES string of the molecule is CC.CC(c1cc(F)cnc1N)N(C)CCO. The van der Waals surface area contributed by atoms with E-state index in [2.05, 4.69) is 4.98 Å². The Kier molecular flexibility index (Phi) is 7.41. The maximum atomic E-state index is 13.0. The normalized spacial score (nSPS) is 11.9. The molecule has 0 aliphatic rings. The average Bonchev–Trinajstić information content (AvgIpc) is 2.34. The van der Waals surface area contributed by atoms with E-state index in [4.69, 9.17) is 10.8 Å². The fourth-order valence-electron chi connectivity index (χ4n) is 1.39. The number of nitrogens with zero attached hydrogens (tertiary/aromatic N) is 2. The third-order valence-electron chi connectivity index (χ3n) is 2.48. The maximum absolute atomic E-state index is 13.0. The van der Waals surface area contributed by atoms with Crippen LogP contribution >= 0.6 is 0 Å². The monoisotopic (exact) mass is 243 g/mol. The Labute approximate surface area is 102 Å². The van der Waals surface area contributed by atoms with Crippen LogP contribution in [0.15, 0.2) is 12.3 Å². The van der Waals surface area contributed by atoms with E-state index in [1.165, 1.54) is 6.07 Å². The first-order chi connectivity index (χ1) is 8.06. The van der Waals surface area contributed by atoms with Gasteiger partial charge in [-0.3, -0.25) is 4.90 Å². The van der Waals surface area contributed by atoms with Crippen molar-refractivity contribution < 1.29 is 9.50 Å². The van der Waals surface area contributed by atoms with Crippen molar-refractivity contribution in [3.05, 3.63) is 23.6 Å². The van der Waals surface area contributed by atoms with Crippen molar-refractivity contribution in [2.24, 2.45) is 0 Å². The smallest absolute Gasteiger partial charge is 0.141 e. The van der Waals surface area contributed by atoms with Gasteiger partial charge < -0.3 is 10.8 Å². The Morgan fingerprint density at radius 2 is 2.12 bits per heavy atom. The summed E-state index contributed by atoms with van der Waals surface area (Å²) in [7, 11) is 1.84. The van der Waals surface area contributed by atoms with Crippen molar-refractivity contribution in [2.75, 3.05) is 25.9 Å². The summed E-state index contributed by atoms with van der Waals surface area (Å²) in [6.07, 6.45) is 1.09. The van der Waals surface area contributed by atoms with Crippen LogP contribution in [0.3, 0.4) is 0 Å². The number of likely N-dealkylation sites (N-methyl/N-ethyl adjacent to an activating group) is 1. The van der Waals surface area contributed by atoms with Gasteiger partial charge in [0, 0.05) is 18.2 Å². The predicted molar refractivity (Wildman–Crippen MR) is 68.1 cm³/mol. The first-order valence-electron chi connectivity index (χ1n) is 5.78. The zero-order chi connectivity index (χ0) is 13.4. The number of nitrogens with two attached hydrogens (primary N) is 1. The van der Waals surface area contributed by atoms with Gasteiger partial charge in [-0.25, -0.2) is 9.37 Å². The summed E-state index contributed by atoms with van der Waals surface area (Å²) in [4.78, 5) is 5.64.